The van der Waals surface area contributed by atoms with Crippen LogP contribution >= 0.6 is 0 Å². The normalized spacial score (nSPS) is 26.5. The molecule has 1 saturated carbocycles. The Morgan fingerprint density at radius 1 is 1.33 bits per heavy atom. The van der Waals surface area contributed by atoms with E-state index in [0.29, 0.717) is 19.1 Å². The Labute approximate surface area is 143 Å². The molecule has 3 N–H and O–H groups in total. The Bertz CT molecular complexity index is 570. The lowest BCUT2D eigenvalue weighted by atomic mass is 9.95. The van der Waals surface area contributed by atoms with E-state index in [1.807, 2.05) is 25.1 Å². The standard InChI is InChI=1S/C19H28N2O3/c1-13-7-8-17(18(10-13)24-12-15-5-3-9-23-15)21-19(22)16-6-2-4-14(16)11-20/h7-8,10,14-16H,2-6,9,11-12,20H2,1H3,(H,21,22)/t14-,15?,16-/m1/s1. The van der Waals surface area contributed by atoms with Crippen LogP contribution in [0.3, 0.4) is 0 Å². The van der Waals surface area contributed by atoms with E-state index in [0.717, 1.165) is 55.7 Å². The average Bonchev–Trinajstić information content (AvgIpc) is 3.26. The van der Waals surface area contributed by atoms with Gasteiger partial charge in [0.1, 0.15) is 12.4 Å². The average molecular weight is 332 g/mol. The number of aryl methyl sites for hydroxylation is 1. The van der Waals surface area contributed by atoms with Crippen molar-refractivity contribution in [3.05, 3.63) is 23.8 Å². The minimum atomic E-state index is 0.0160. The van der Waals surface area contributed by atoms with Gasteiger partial charge in [0, 0.05) is 12.5 Å². The molecule has 1 heterocycles. The summed E-state index contributed by atoms with van der Waals surface area (Å²) in [6.07, 6.45) is 5.33. The zero-order valence-electron chi connectivity index (χ0n) is 14.4. The maximum Gasteiger partial charge on any atom is 0.227 e. The van der Waals surface area contributed by atoms with Crippen molar-refractivity contribution in [3.63, 3.8) is 0 Å². The van der Waals surface area contributed by atoms with Crippen LogP contribution in [0.4, 0.5) is 5.69 Å². The molecule has 0 aromatic heterocycles. The highest BCUT2D eigenvalue weighted by molar-refractivity contribution is 5.94. The third-order valence-corrected chi connectivity index (χ3v) is 5.14. The van der Waals surface area contributed by atoms with Gasteiger partial charge in [-0.2, -0.15) is 0 Å². The number of ether oxygens (including phenoxy) is 2. The van der Waals surface area contributed by atoms with Gasteiger partial charge in [-0.3, -0.25) is 4.79 Å². The minimum absolute atomic E-state index is 0.0160. The predicted octanol–water partition coefficient (Wildman–Crippen LogP) is 2.87. The Morgan fingerprint density at radius 3 is 2.96 bits per heavy atom. The van der Waals surface area contributed by atoms with Crippen LogP contribution in [0.25, 0.3) is 0 Å². The molecule has 1 amide bonds. The molecule has 1 aliphatic heterocycles. The number of amides is 1. The molecule has 1 aromatic rings. The summed E-state index contributed by atoms with van der Waals surface area (Å²) in [5, 5.41) is 3.06. The molecule has 132 valence electrons. The summed E-state index contributed by atoms with van der Waals surface area (Å²) in [6.45, 7) is 3.94. The molecule has 5 nitrogen and oxygen atoms in total. The van der Waals surface area contributed by atoms with Crippen LogP contribution in [-0.4, -0.2) is 31.8 Å². The Balaban J connectivity index is 1.66. The second-order valence-corrected chi connectivity index (χ2v) is 6.97. The van der Waals surface area contributed by atoms with Crippen molar-refractivity contribution in [1.29, 1.82) is 0 Å². The fourth-order valence-electron chi connectivity index (χ4n) is 3.70. The number of nitrogens with two attached hydrogens (primary N) is 1. The summed E-state index contributed by atoms with van der Waals surface area (Å²) in [4.78, 5) is 12.6. The van der Waals surface area contributed by atoms with Gasteiger partial charge < -0.3 is 20.5 Å². The van der Waals surface area contributed by atoms with Crippen LogP contribution in [-0.2, 0) is 9.53 Å². The Morgan fingerprint density at radius 2 is 2.21 bits per heavy atom. The first-order valence-electron chi connectivity index (χ1n) is 9.03. The van der Waals surface area contributed by atoms with E-state index in [9.17, 15) is 4.79 Å². The predicted molar refractivity (Wildman–Crippen MR) is 94.2 cm³/mol. The molecule has 0 radical (unpaired) electrons. The van der Waals surface area contributed by atoms with Gasteiger partial charge in [0.15, 0.2) is 0 Å². The number of benzene rings is 1. The monoisotopic (exact) mass is 332 g/mol. The molecular weight excluding hydrogens is 304 g/mol. The van der Waals surface area contributed by atoms with Gasteiger partial charge in [0.05, 0.1) is 11.8 Å². The fraction of sp³-hybridized carbons (Fsp3) is 0.632. The van der Waals surface area contributed by atoms with Crippen molar-refractivity contribution in [2.75, 3.05) is 25.1 Å². The molecule has 3 atom stereocenters. The van der Waals surface area contributed by atoms with E-state index in [1.165, 1.54) is 0 Å². The summed E-state index contributed by atoms with van der Waals surface area (Å²) >= 11 is 0. The van der Waals surface area contributed by atoms with Crippen LogP contribution in [0.2, 0.25) is 0 Å². The van der Waals surface area contributed by atoms with Crippen LogP contribution in [0.5, 0.6) is 5.75 Å². The first kappa shape index (κ1) is 17.2. The summed E-state index contributed by atoms with van der Waals surface area (Å²) < 4.78 is 11.6. The maximum atomic E-state index is 12.6. The summed E-state index contributed by atoms with van der Waals surface area (Å²) in [5.41, 5.74) is 7.65. The van der Waals surface area contributed by atoms with E-state index >= 15 is 0 Å². The summed E-state index contributed by atoms with van der Waals surface area (Å²) in [7, 11) is 0. The van der Waals surface area contributed by atoms with Gasteiger partial charge in [-0.05, 0) is 62.8 Å². The molecule has 3 rings (SSSR count). The first-order chi connectivity index (χ1) is 11.7. The zero-order valence-corrected chi connectivity index (χ0v) is 14.4. The maximum absolute atomic E-state index is 12.6. The number of carbonyl (C=O) groups is 1. The van der Waals surface area contributed by atoms with Gasteiger partial charge in [-0.15, -0.1) is 0 Å². The Hall–Kier alpha value is -1.59. The molecule has 0 bridgehead atoms. The van der Waals surface area contributed by atoms with Crippen LogP contribution in [0, 0.1) is 18.8 Å². The van der Waals surface area contributed by atoms with Crippen molar-refractivity contribution >= 4 is 11.6 Å². The number of hydrogen-bond acceptors (Lipinski definition) is 4. The van der Waals surface area contributed by atoms with E-state index in [1.54, 1.807) is 0 Å². The fourth-order valence-corrected chi connectivity index (χ4v) is 3.70. The van der Waals surface area contributed by atoms with E-state index in [-0.39, 0.29) is 17.9 Å². The molecule has 1 unspecified atom stereocenters. The van der Waals surface area contributed by atoms with E-state index in [2.05, 4.69) is 5.32 Å². The third-order valence-electron chi connectivity index (χ3n) is 5.14. The highest BCUT2D eigenvalue weighted by Gasteiger charge is 2.32. The molecule has 24 heavy (non-hydrogen) atoms. The minimum Gasteiger partial charge on any atom is -0.489 e. The lowest BCUT2D eigenvalue weighted by Crippen LogP contribution is -2.30. The molecule has 0 spiro atoms. The van der Waals surface area contributed by atoms with Crippen molar-refractivity contribution in [2.45, 2.75) is 45.1 Å². The number of carbonyl (C=O) groups excluding carboxylic acids is 1. The van der Waals surface area contributed by atoms with Crippen LogP contribution in [0.1, 0.15) is 37.7 Å². The number of nitrogens with one attached hydrogen (secondary N) is 1. The van der Waals surface area contributed by atoms with Gasteiger partial charge in [-0.1, -0.05) is 12.5 Å². The first-order valence-corrected chi connectivity index (χ1v) is 9.03. The molecule has 1 aliphatic carbocycles. The van der Waals surface area contributed by atoms with E-state index in [4.69, 9.17) is 15.2 Å². The SMILES string of the molecule is Cc1ccc(NC(=O)[C@@H]2CCC[C@@H]2CN)c(OCC2CCCO2)c1. The second kappa shape index (κ2) is 7.99. The molecule has 5 heteroatoms. The molecule has 2 fully saturated rings. The molecule has 1 aromatic carbocycles. The Kier molecular flexibility index (Phi) is 5.74. The zero-order chi connectivity index (χ0) is 16.9. The third kappa shape index (κ3) is 4.08. The number of rotatable bonds is 6. The summed E-state index contributed by atoms with van der Waals surface area (Å²) in [6, 6.07) is 5.88. The number of hydrogen-bond donors (Lipinski definition) is 2. The van der Waals surface area contributed by atoms with Crippen molar-refractivity contribution in [3.8, 4) is 5.75 Å². The quantitative estimate of drug-likeness (QED) is 0.840. The van der Waals surface area contributed by atoms with Crippen LogP contribution < -0.4 is 15.8 Å². The highest BCUT2D eigenvalue weighted by Crippen LogP contribution is 2.33. The van der Waals surface area contributed by atoms with Gasteiger partial charge in [0.25, 0.3) is 0 Å². The van der Waals surface area contributed by atoms with Crippen molar-refractivity contribution in [1.82, 2.24) is 0 Å². The van der Waals surface area contributed by atoms with Crippen molar-refractivity contribution in [2.24, 2.45) is 17.6 Å². The van der Waals surface area contributed by atoms with Gasteiger partial charge in [-0.25, -0.2) is 0 Å². The highest BCUT2D eigenvalue weighted by atomic mass is 16.5. The van der Waals surface area contributed by atoms with Crippen LogP contribution in [0.15, 0.2) is 18.2 Å². The largest absolute Gasteiger partial charge is 0.489 e. The molecule has 2 aliphatic rings. The van der Waals surface area contributed by atoms with Crippen molar-refractivity contribution < 1.29 is 14.3 Å². The van der Waals surface area contributed by atoms with Gasteiger partial charge in [0.2, 0.25) is 5.91 Å². The van der Waals surface area contributed by atoms with Gasteiger partial charge >= 0.3 is 0 Å². The lowest BCUT2D eigenvalue weighted by Gasteiger charge is -2.20. The topological polar surface area (TPSA) is 73.6 Å². The summed E-state index contributed by atoms with van der Waals surface area (Å²) in [5.74, 6) is 1.10. The van der Waals surface area contributed by atoms with E-state index < -0.39 is 0 Å². The second-order valence-electron chi connectivity index (χ2n) is 6.97. The number of anilines is 1. The molecule has 1 saturated heterocycles. The lowest BCUT2D eigenvalue weighted by molar-refractivity contribution is -0.120. The molecular formula is C19H28N2O3. The smallest absolute Gasteiger partial charge is 0.227 e.